The number of aryl methyl sites for hydroxylation is 1. The van der Waals surface area contributed by atoms with Crippen LogP contribution in [0.25, 0.3) is 0 Å². The third kappa shape index (κ3) is 5.99. The number of anilines is 1. The number of halogens is 1. The Morgan fingerprint density at radius 2 is 1.97 bits per heavy atom. The molecule has 3 rings (SSSR count). The molecule has 1 aromatic heterocycles. The number of thioether (sulfide) groups is 1. The monoisotopic (exact) mass is 469 g/mol. The molecule has 2 aromatic carbocycles. The molecule has 0 saturated heterocycles. The molecule has 0 spiro atoms. The number of nitrogens with zero attached hydrogens (tertiary/aromatic N) is 3. The Balaban J connectivity index is 1.62. The number of carbonyl (C=O) groups is 2. The number of nitrogens with one attached hydrogen (secondary N) is 2. The summed E-state index contributed by atoms with van der Waals surface area (Å²) >= 11 is 7.23. The van der Waals surface area contributed by atoms with E-state index < -0.39 is 0 Å². The summed E-state index contributed by atoms with van der Waals surface area (Å²) in [7, 11) is 0. The lowest BCUT2D eigenvalue weighted by atomic mass is 10.1. The number of rotatable bonds is 9. The predicted octanol–water partition coefficient (Wildman–Crippen LogP) is 4.40. The molecule has 0 atom stereocenters. The van der Waals surface area contributed by atoms with Crippen LogP contribution in [-0.4, -0.2) is 32.3 Å². The highest BCUT2D eigenvalue weighted by atomic mass is 35.5. The molecule has 0 saturated carbocycles. The fraction of sp³-hybridized carbons (Fsp3) is 0.217. The highest BCUT2D eigenvalue weighted by Crippen LogP contribution is 2.21. The van der Waals surface area contributed by atoms with E-state index >= 15 is 0 Å². The minimum absolute atomic E-state index is 0.132. The van der Waals surface area contributed by atoms with Gasteiger partial charge in [0.05, 0.1) is 12.3 Å². The Morgan fingerprint density at radius 1 is 1.19 bits per heavy atom. The van der Waals surface area contributed by atoms with Crippen molar-refractivity contribution < 1.29 is 9.59 Å². The molecule has 1 heterocycles. The van der Waals surface area contributed by atoms with Crippen molar-refractivity contribution in [3.05, 3.63) is 82.7 Å². The van der Waals surface area contributed by atoms with Crippen LogP contribution in [0.3, 0.4) is 0 Å². The number of hydrogen-bond acceptors (Lipinski definition) is 5. The first-order valence-corrected chi connectivity index (χ1v) is 11.3. The smallest absolute Gasteiger partial charge is 0.251 e. The molecule has 0 aliphatic carbocycles. The van der Waals surface area contributed by atoms with Crippen molar-refractivity contribution in [3.8, 4) is 0 Å². The molecule has 0 aliphatic rings. The van der Waals surface area contributed by atoms with E-state index in [9.17, 15) is 9.59 Å². The van der Waals surface area contributed by atoms with Crippen molar-refractivity contribution >= 4 is 40.9 Å². The predicted molar refractivity (Wildman–Crippen MR) is 128 cm³/mol. The van der Waals surface area contributed by atoms with Gasteiger partial charge in [-0.1, -0.05) is 47.6 Å². The summed E-state index contributed by atoms with van der Waals surface area (Å²) in [6, 6.07) is 12.5. The van der Waals surface area contributed by atoms with Gasteiger partial charge in [0.15, 0.2) is 11.0 Å². The van der Waals surface area contributed by atoms with E-state index in [2.05, 4.69) is 27.4 Å². The van der Waals surface area contributed by atoms with Crippen LogP contribution in [0, 0.1) is 13.8 Å². The van der Waals surface area contributed by atoms with Gasteiger partial charge in [0.1, 0.15) is 0 Å². The Labute approximate surface area is 196 Å². The number of carbonyl (C=O) groups excluding carboxylic acids is 2. The third-order valence-corrected chi connectivity index (χ3v) is 6.01. The summed E-state index contributed by atoms with van der Waals surface area (Å²) in [5.41, 5.74) is 3.42. The summed E-state index contributed by atoms with van der Waals surface area (Å²) in [6.07, 6.45) is 1.71. The van der Waals surface area contributed by atoms with Gasteiger partial charge in [-0.25, -0.2) is 0 Å². The van der Waals surface area contributed by atoms with Gasteiger partial charge in [-0.3, -0.25) is 9.59 Å². The quantitative estimate of drug-likeness (QED) is 0.358. The highest BCUT2D eigenvalue weighted by molar-refractivity contribution is 7.99. The molecule has 0 bridgehead atoms. The average Bonchev–Trinajstić information content (AvgIpc) is 3.15. The summed E-state index contributed by atoms with van der Waals surface area (Å²) in [5.74, 6) is 0.352. The molecular weight excluding hydrogens is 446 g/mol. The second-order valence-electron chi connectivity index (χ2n) is 7.08. The fourth-order valence-corrected chi connectivity index (χ4v) is 3.92. The van der Waals surface area contributed by atoms with Gasteiger partial charge in [0.2, 0.25) is 5.91 Å². The maximum Gasteiger partial charge on any atom is 0.251 e. The largest absolute Gasteiger partial charge is 0.345 e. The number of allylic oxidation sites excluding steroid dienone is 1. The molecule has 0 unspecified atom stereocenters. The van der Waals surface area contributed by atoms with Crippen molar-refractivity contribution in [3.63, 3.8) is 0 Å². The molecule has 0 aliphatic heterocycles. The van der Waals surface area contributed by atoms with Gasteiger partial charge < -0.3 is 15.2 Å². The van der Waals surface area contributed by atoms with E-state index in [0.29, 0.717) is 28.1 Å². The van der Waals surface area contributed by atoms with E-state index in [1.807, 2.05) is 36.6 Å². The van der Waals surface area contributed by atoms with Crippen LogP contribution < -0.4 is 10.6 Å². The zero-order valence-corrected chi connectivity index (χ0v) is 19.5. The lowest BCUT2D eigenvalue weighted by molar-refractivity contribution is -0.113. The molecular formula is C23H24ClN5O2S. The van der Waals surface area contributed by atoms with Crippen LogP contribution in [-0.2, 0) is 17.9 Å². The van der Waals surface area contributed by atoms with Gasteiger partial charge in [-0.05, 0) is 49.2 Å². The molecule has 7 nitrogen and oxygen atoms in total. The normalized spacial score (nSPS) is 10.6. The Bertz CT molecular complexity index is 1150. The van der Waals surface area contributed by atoms with Crippen LogP contribution in [0.15, 0.2) is 60.3 Å². The maximum atomic E-state index is 12.4. The molecule has 9 heteroatoms. The van der Waals surface area contributed by atoms with Gasteiger partial charge in [0.25, 0.3) is 5.91 Å². The molecule has 0 radical (unpaired) electrons. The van der Waals surface area contributed by atoms with Crippen molar-refractivity contribution in [1.29, 1.82) is 0 Å². The van der Waals surface area contributed by atoms with Crippen molar-refractivity contribution in [2.45, 2.75) is 32.1 Å². The first-order chi connectivity index (χ1) is 15.4. The molecule has 166 valence electrons. The van der Waals surface area contributed by atoms with Crippen LogP contribution in [0.5, 0.6) is 0 Å². The minimum atomic E-state index is -0.261. The fourth-order valence-electron chi connectivity index (χ4n) is 2.96. The lowest BCUT2D eigenvalue weighted by Gasteiger charge is -2.11. The molecule has 3 aromatic rings. The molecule has 2 N–H and O–H groups in total. The third-order valence-electron chi connectivity index (χ3n) is 4.81. The second kappa shape index (κ2) is 11.0. The van der Waals surface area contributed by atoms with E-state index in [4.69, 9.17) is 11.6 Å². The van der Waals surface area contributed by atoms with Crippen molar-refractivity contribution in [1.82, 2.24) is 20.1 Å². The SMILES string of the molecule is C=CCn1c(CNC(=O)c2cccc(Cl)c2)nnc1SCC(=O)Nc1cccc(C)c1C. The van der Waals surface area contributed by atoms with Gasteiger partial charge >= 0.3 is 0 Å². The lowest BCUT2D eigenvalue weighted by Crippen LogP contribution is -2.24. The minimum Gasteiger partial charge on any atom is -0.345 e. The molecule has 0 fully saturated rings. The second-order valence-corrected chi connectivity index (χ2v) is 8.45. The first kappa shape index (κ1) is 23.6. The maximum absolute atomic E-state index is 12.4. The Hall–Kier alpha value is -3.10. The Morgan fingerprint density at radius 3 is 2.72 bits per heavy atom. The van der Waals surface area contributed by atoms with Crippen molar-refractivity contribution in [2.75, 3.05) is 11.1 Å². The summed E-state index contributed by atoms with van der Waals surface area (Å²) < 4.78 is 1.82. The van der Waals surface area contributed by atoms with E-state index in [-0.39, 0.29) is 24.1 Å². The molecule has 32 heavy (non-hydrogen) atoms. The highest BCUT2D eigenvalue weighted by Gasteiger charge is 2.15. The number of hydrogen-bond donors (Lipinski definition) is 2. The standard InChI is InChI=1S/C23H24ClN5O2S/c1-4-11-29-20(13-25-22(31)17-8-6-9-18(24)12-17)27-28-23(29)32-14-21(30)26-19-10-5-7-15(2)16(19)3/h4-10,12H,1,11,13-14H2,2-3H3,(H,25,31)(H,26,30). The van der Waals surface area contributed by atoms with Crippen LogP contribution in [0.2, 0.25) is 5.02 Å². The number of benzene rings is 2. The van der Waals surface area contributed by atoms with E-state index in [0.717, 1.165) is 16.8 Å². The zero-order chi connectivity index (χ0) is 23.1. The van der Waals surface area contributed by atoms with Crippen LogP contribution in [0.1, 0.15) is 27.3 Å². The van der Waals surface area contributed by atoms with Crippen molar-refractivity contribution in [2.24, 2.45) is 0 Å². The first-order valence-electron chi connectivity index (χ1n) is 9.94. The Kier molecular flexibility index (Phi) is 8.08. The van der Waals surface area contributed by atoms with E-state index in [1.165, 1.54) is 11.8 Å². The topological polar surface area (TPSA) is 88.9 Å². The molecule has 2 amide bonds. The average molecular weight is 470 g/mol. The summed E-state index contributed by atoms with van der Waals surface area (Å²) in [4.78, 5) is 24.8. The van der Waals surface area contributed by atoms with E-state index in [1.54, 1.807) is 30.3 Å². The number of aromatic nitrogens is 3. The summed E-state index contributed by atoms with van der Waals surface area (Å²) in [6.45, 7) is 8.39. The van der Waals surface area contributed by atoms with Crippen LogP contribution >= 0.6 is 23.4 Å². The summed E-state index contributed by atoms with van der Waals surface area (Å²) in [5, 5.41) is 15.2. The number of amides is 2. The van der Waals surface area contributed by atoms with Gasteiger partial charge in [0, 0.05) is 22.8 Å². The van der Waals surface area contributed by atoms with Gasteiger partial charge in [-0.2, -0.15) is 0 Å². The van der Waals surface area contributed by atoms with Gasteiger partial charge in [-0.15, -0.1) is 16.8 Å². The van der Waals surface area contributed by atoms with Crippen LogP contribution in [0.4, 0.5) is 5.69 Å². The zero-order valence-electron chi connectivity index (χ0n) is 17.9.